The molecule has 276 valence electrons. The van der Waals surface area contributed by atoms with Crippen molar-refractivity contribution in [2.45, 2.75) is 126 Å². The first-order valence-electron chi connectivity index (χ1n) is 19.0. The topological polar surface area (TPSA) is 46.8 Å². The van der Waals surface area contributed by atoms with E-state index in [4.69, 9.17) is 0 Å². The van der Waals surface area contributed by atoms with Gasteiger partial charge in [-0.25, -0.2) is 0 Å². The number of tetrazole rings is 1. The van der Waals surface area contributed by atoms with Crippen molar-refractivity contribution in [2.24, 2.45) is 5.41 Å². The summed E-state index contributed by atoms with van der Waals surface area (Å²) in [6.07, 6.45) is 18.1. The normalized spacial score (nSPS) is 18.8. The van der Waals surface area contributed by atoms with Crippen LogP contribution in [0.5, 0.6) is 0 Å². The van der Waals surface area contributed by atoms with Gasteiger partial charge in [0.2, 0.25) is 5.16 Å². The molecule has 51 heavy (non-hydrogen) atoms. The van der Waals surface area contributed by atoms with Gasteiger partial charge in [-0.05, 0) is 107 Å². The van der Waals surface area contributed by atoms with Gasteiger partial charge in [0, 0.05) is 28.8 Å². The summed E-state index contributed by atoms with van der Waals surface area (Å²) >= 11 is 1.67. The molecule has 5 nitrogen and oxygen atoms in total. The lowest BCUT2D eigenvalue weighted by Gasteiger charge is -2.24. The number of rotatable bonds is 6. The van der Waals surface area contributed by atoms with Crippen molar-refractivity contribution in [3.8, 4) is 5.69 Å². The number of nitrogens with zero attached hydrogens (tertiary/aromatic N) is 5. The van der Waals surface area contributed by atoms with Crippen LogP contribution in [0.1, 0.15) is 127 Å². The summed E-state index contributed by atoms with van der Waals surface area (Å²) in [5, 5.41) is 13.7. The first-order valence-corrected chi connectivity index (χ1v) is 19.8. The molecular formula is C45H65N5S. The maximum absolute atomic E-state index is 4.48. The van der Waals surface area contributed by atoms with Crippen molar-refractivity contribution < 1.29 is 0 Å². The Labute approximate surface area is 315 Å². The number of hydrogen-bond donors (Lipinski definition) is 0. The standard InChI is InChI=1S/C38H45N5S.C3H8.2C2H6/c1-9-31-33(10-2)42(8)34(38(31,6)7)26-25-29-19-16-18-28(24-23-27-17-14-15-22-32(27)37(3,4)5)35(29)44-36-39-40-41-43(36)30-20-12-11-13-21-30;1-3-2;2*1-2/h9-15,17,20-26H,16,18-19H2,1-8H3;3H2,1-2H3;2*1-2H3/b24-23+,29-25+,31-9+,33-10+,34-26+;;;. The Bertz CT molecular complexity index is 1710. The monoisotopic (exact) mass is 707 g/mol. The molecule has 1 aliphatic carbocycles. The summed E-state index contributed by atoms with van der Waals surface area (Å²) in [5.74, 6) is 0. The zero-order valence-corrected chi connectivity index (χ0v) is 34.9. The van der Waals surface area contributed by atoms with Crippen LogP contribution in [0.2, 0.25) is 0 Å². The van der Waals surface area contributed by atoms with Crippen molar-refractivity contribution in [1.29, 1.82) is 0 Å². The molecule has 5 rings (SSSR count). The Kier molecular flexibility index (Phi) is 17.7. The van der Waals surface area contributed by atoms with Gasteiger partial charge in [0.15, 0.2) is 0 Å². The Morgan fingerprint density at radius 1 is 0.843 bits per heavy atom. The highest BCUT2D eigenvalue weighted by Gasteiger charge is 2.40. The molecule has 2 aliphatic rings. The number of thioether (sulfide) groups is 1. The fraction of sp³-hybridized carbons (Fsp3) is 0.444. The number of likely N-dealkylation sites (tertiary alicyclic amines) is 1. The molecule has 6 heteroatoms. The fourth-order valence-corrected chi connectivity index (χ4v) is 7.57. The highest BCUT2D eigenvalue weighted by molar-refractivity contribution is 8.03. The Hall–Kier alpha value is -3.90. The zero-order chi connectivity index (χ0) is 38.2. The maximum atomic E-state index is 4.48. The van der Waals surface area contributed by atoms with Crippen LogP contribution in [0.25, 0.3) is 11.8 Å². The number of likely N-dealkylation sites (N-methyl/N-ethyl adjacent to an activating group) is 1. The molecule has 1 fully saturated rings. The third-order valence-electron chi connectivity index (χ3n) is 8.66. The number of allylic oxidation sites excluding steroid dienone is 9. The van der Waals surface area contributed by atoms with E-state index >= 15 is 0 Å². The number of benzene rings is 2. The highest BCUT2D eigenvalue weighted by atomic mass is 32.2. The van der Waals surface area contributed by atoms with Crippen LogP contribution in [-0.2, 0) is 5.41 Å². The molecule has 0 amide bonds. The molecule has 0 atom stereocenters. The SMILES string of the molecule is C/C=C1\C(=C/C)N(C)/C(=C/C=C2\CCCC(/C=C/c3ccccc3C(C)(C)C)=C2Sc2nnnn2-c2ccccc2)C1(C)C.CC.CC.CCC. The first-order chi connectivity index (χ1) is 24.5. The fourth-order valence-electron chi connectivity index (χ4n) is 6.48. The average Bonchev–Trinajstić information content (AvgIpc) is 3.67. The van der Waals surface area contributed by atoms with Gasteiger partial charge in [0.05, 0.1) is 5.69 Å². The van der Waals surface area contributed by atoms with Crippen LogP contribution >= 0.6 is 11.8 Å². The van der Waals surface area contributed by atoms with Crippen molar-refractivity contribution in [2.75, 3.05) is 7.05 Å². The highest BCUT2D eigenvalue weighted by Crippen LogP contribution is 2.49. The van der Waals surface area contributed by atoms with E-state index in [2.05, 4.69) is 151 Å². The van der Waals surface area contributed by atoms with Crippen molar-refractivity contribution in [1.82, 2.24) is 25.1 Å². The second-order valence-corrected chi connectivity index (χ2v) is 14.7. The molecule has 0 spiro atoms. The molecule has 0 bridgehead atoms. The smallest absolute Gasteiger partial charge is 0.218 e. The van der Waals surface area contributed by atoms with Crippen LogP contribution in [0.3, 0.4) is 0 Å². The predicted molar refractivity (Wildman–Crippen MR) is 224 cm³/mol. The summed E-state index contributed by atoms with van der Waals surface area (Å²) < 4.78 is 1.84. The molecule has 1 aromatic heterocycles. The third kappa shape index (κ3) is 10.8. The Morgan fingerprint density at radius 3 is 2.06 bits per heavy atom. The van der Waals surface area contributed by atoms with Gasteiger partial charge in [0.25, 0.3) is 0 Å². The van der Waals surface area contributed by atoms with Gasteiger partial charge in [-0.2, -0.15) is 4.68 Å². The maximum Gasteiger partial charge on any atom is 0.218 e. The van der Waals surface area contributed by atoms with Gasteiger partial charge in [-0.3, -0.25) is 0 Å². The molecule has 2 heterocycles. The zero-order valence-electron chi connectivity index (χ0n) is 34.1. The lowest BCUT2D eigenvalue weighted by atomic mass is 9.82. The van der Waals surface area contributed by atoms with Gasteiger partial charge < -0.3 is 4.90 Å². The van der Waals surface area contributed by atoms with Gasteiger partial charge >= 0.3 is 0 Å². The second-order valence-electron chi connectivity index (χ2n) is 13.7. The average molecular weight is 708 g/mol. The molecular weight excluding hydrogens is 643 g/mol. The van der Waals surface area contributed by atoms with E-state index in [1.54, 1.807) is 11.8 Å². The predicted octanol–water partition coefficient (Wildman–Crippen LogP) is 13.3. The van der Waals surface area contributed by atoms with Crippen LogP contribution < -0.4 is 0 Å². The van der Waals surface area contributed by atoms with Gasteiger partial charge in [-0.15, -0.1) is 5.10 Å². The molecule has 0 unspecified atom stereocenters. The molecule has 0 saturated carbocycles. The van der Waals surface area contributed by atoms with E-state index in [1.165, 1.54) is 50.6 Å². The summed E-state index contributed by atoms with van der Waals surface area (Å²) in [5.41, 5.74) is 10.1. The van der Waals surface area contributed by atoms with E-state index in [0.29, 0.717) is 0 Å². The van der Waals surface area contributed by atoms with E-state index in [0.717, 1.165) is 30.1 Å². The minimum atomic E-state index is -0.0785. The van der Waals surface area contributed by atoms with Crippen LogP contribution in [0, 0.1) is 5.41 Å². The van der Waals surface area contributed by atoms with Crippen molar-refractivity contribution in [3.63, 3.8) is 0 Å². The Morgan fingerprint density at radius 2 is 1.47 bits per heavy atom. The van der Waals surface area contributed by atoms with E-state index in [-0.39, 0.29) is 10.8 Å². The lowest BCUT2D eigenvalue weighted by molar-refractivity contribution is 0.467. The van der Waals surface area contributed by atoms with E-state index < -0.39 is 0 Å². The number of hydrogen-bond acceptors (Lipinski definition) is 5. The summed E-state index contributed by atoms with van der Waals surface area (Å²) in [6.45, 7) is 28.0. The summed E-state index contributed by atoms with van der Waals surface area (Å²) in [7, 11) is 2.18. The first kappa shape index (κ1) is 43.3. The van der Waals surface area contributed by atoms with E-state index in [9.17, 15) is 0 Å². The lowest BCUT2D eigenvalue weighted by Crippen LogP contribution is -2.16. The van der Waals surface area contributed by atoms with Gasteiger partial charge in [-0.1, -0.05) is 155 Å². The number of aromatic nitrogens is 4. The van der Waals surface area contributed by atoms with Crippen LogP contribution in [0.4, 0.5) is 0 Å². The van der Waals surface area contributed by atoms with Crippen LogP contribution in [0.15, 0.2) is 123 Å². The summed E-state index contributed by atoms with van der Waals surface area (Å²) in [6, 6.07) is 18.8. The summed E-state index contributed by atoms with van der Waals surface area (Å²) in [4.78, 5) is 3.58. The molecule has 1 saturated heterocycles. The minimum Gasteiger partial charge on any atom is -0.347 e. The largest absolute Gasteiger partial charge is 0.347 e. The van der Waals surface area contributed by atoms with E-state index in [1.807, 2.05) is 62.7 Å². The quantitative estimate of drug-likeness (QED) is 0.255. The van der Waals surface area contributed by atoms with Crippen molar-refractivity contribution >= 4 is 17.8 Å². The Balaban J connectivity index is 0.00000120. The van der Waals surface area contributed by atoms with Gasteiger partial charge in [0.1, 0.15) is 0 Å². The van der Waals surface area contributed by atoms with Crippen molar-refractivity contribution in [3.05, 3.63) is 129 Å². The molecule has 1 aliphatic heterocycles. The molecule has 0 N–H and O–H groups in total. The van der Waals surface area contributed by atoms with Crippen LogP contribution in [-0.4, -0.2) is 32.2 Å². The molecule has 3 aromatic rings. The second kappa shape index (κ2) is 20.8. The molecule has 0 radical (unpaired) electrons. The third-order valence-corrected chi connectivity index (χ3v) is 9.83. The minimum absolute atomic E-state index is 0.0617. The number of para-hydroxylation sites is 1. The molecule has 2 aromatic carbocycles.